The first-order valence-electron chi connectivity index (χ1n) is 11.1. The van der Waals surface area contributed by atoms with Crippen molar-refractivity contribution in [1.82, 2.24) is 0 Å². The van der Waals surface area contributed by atoms with Gasteiger partial charge in [-0.05, 0) is 76.7 Å². The Morgan fingerprint density at radius 2 is 1.07 bits per heavy atom. The molecule has 0 heterocycles. The average molecular weight is 425 g/mol. The minimum absolute atomic E-state index is 0.0365. The summed E-state index contributed by atoms with van der Waals surface area (Å²) in [5.74, 6) is 0. The molecule has 0 aromatic heterocycles. The molecule has 2 aliphatic carbocycles. The van der Waals surface area contributed by atoms with Crippen molar-refractivity contribution < 1.29 is 0 Å². The van der Waals surface area contributed by atoms with Crippen LogP contribution in [0.4, 0.5) is 0 Å². The maximum Gasteiger partial charge on any atom is 0.0810 e. The molecular formula is C27H30Cl2. The Kier molecular flexibility index (Phi) is 6.52. The third-order valence-corrected chi connectivity index (χ3v) is 7.44. The fourth-order valence-electron chi connectivity index (χ4n) is 4.91. The van der Waals surface area contributed by atoms with E-state index in [-0.39, 0.29) is 10.8 Å². The van der Waals surface area contributed by atoms with Gasteiger partial charge in [-0.1, -0.05) is 75.2 Å². The summed E-state index contributed by atoms with van der Waals surface area (Å²) in [6.07, 6.45) is 7.88. The van der Waals surface area contributed by atoms with Gasteiger partial charge >= 0.3 is 0 Å². The summed E-state index contributed by atoms with van der Waals surface area (Å²) in [6.45, 7) is 4.51. The van der Waals surface area contributed by atoms with Gasteiger partial charge in [0.25, 0.3) is 0 Å². The number of rotatable bonds is 8. The minimum Gasteiger partial charge on any atom is -0.113 e. The summed E-state index contributed by atoms with van der Waals surface area (Å²) in [7, 11) is 0. The van der Waals surface area contributed by atoms with Gasteiger partial charge in [0.1, 0.15) is 0 Å². The third-order valence-electron chi connectivity index (χ3n) is 6.45. The predicted molar refractivity (Wildman–Crippen MR) is 128 cm³/mol. The van der Waals surface area contributed by atoms with E-state index in [9.17, 15) is 0 Å². The van der Waals surface area contributed by atoms with Gasteiger partial charge in [-0.2, -0.15) is 0 Å². The second-order valence-corrected chi connectivity index (χ2v) is 9.16. The van der Waals surface area contributed by atoms with Gasteiger partial charge in [-0.15, -0.1) is 23.2 Å². The molecule has 0 saturated heterocycles. The Hall–Kier alpha value is -1.50. The SMILES string of the molecule is CCCCC1=C(CC2=C(CCCC)c3ccccc3C2Cl)C(Cl)c2ccccc21. The van der Waals surface area contributed by atoms with E-state index >= 15 is 0 Å². The van der Waals surface area contributed by atoms with Crippen LogP contribution in [0.5, 0.6) is 0 Å². The zero-order chi connectivity index (χ0) is 20.4. The largest absolute Gasteiger partial charge is 0.113 e. The van der Waals surface area contributed by atoms with Crippen molar-refractivity contribution in [3.8, 4) is 0 Å². The number of halogens is 2. The average Bonchev–Trinajstić information content (AvgIpc) is 3.17. The quantitative estimate of drug-likeness (QED) is 0.370. The van der Waals surface area contributed by atoms with Crippen molar-refractivity contribution in [2.75, 3.05) is 0 Å². The second-order valence-electron chi connectivity index (χ2n) is 8.29. The smallest absolute Gasteiger partial charge is 0.0810 e. The number of hydrogen-bond acceptors (Lipinski definition) is 0. The molecule has 4 rings (SSSR count). The molecule has 2 aromatic rings. The van der Waals surface area contributed by atoms with E-state index in [1.807, 2.05) is 0 Å². The molecule has 0 amide bonds. The van der Waals surface area contributed by atoms with Gasteiger partial charge in [-0.3, -0.25) is 0 Å². The van der Waals surface area contributed by atoms with Crippen molar-refractivity contribution in [2.45, 2.75) is 69.5 Å². The summed E-state index contributed by atoms with van der Waals surface area (Å²) < 4.78 is 0. The number of fused-ring (bicyclic) bond motifs is 2. The monoisotopic (exact) mass is 424 g/mol. The van der Waals surface area contributed by atoms with E-state index in [2.05, 4.69) is 62.4 Å². The molecule has 2 aromatic carbocycles. The van der Waals surface area contributed by atoms with Crippen molar-refractivity contribution in [3.63, 3.8) is 0 Å². The van der Waals surface area contributed by atoms with Crippen LogP contribution >= 0.6 is 23.2 Å². The highest BCUT2D eigenvalue weighted by atomic mass is 35.5. The second kappa shape index (κ2) is 9.11. The van der Waals surface area contributed by atoms with Gasteiger partial charge in [0, 0.05) is 0 Å². The number of unbranched alkanes of at least 4 members (excludes halogenated alkanes) is 2. The number of benzene rings is 2. The van der Waals surface area contributed by atoms with Gasteiger partial charge in [0.05, 0.1) is 10.8 Å². The summed E-state index contributed by atoms with van der Waals surface area (Å²) in [6, 6.07) is 17.4. The zero-order valence-corrected chi connectivity index (χ0v) is 19.0. The number of allylic oxidation sites excluding steroid dienone is 4. The molecule has 0 spiro atoms. The summed E-state index contributed by atoms with van der Waals surface area (Å²) >= 11 is 14.1. The van der Waals surface area contributed by atoms with Crippen LogP contribution < -0.4 is 0 Å². The molecule has 2 aliphatic rings. The maximum absolute atomic E-state index is 7.05. The lowest BCUT2D eigenvalue weighted by Gasteiger charge is -2.16. The topological polar surface area (TPSA) is 0 Å². The van der Waals surface area contributed by atoms with Crippen LogP contribution in [-0.4, -0.2) is 0 Å². The van der Waals surface area contributed by atoms with Crippen molar-refractivity contribution in [3.05, 3.63) is 81.9 Å². The normalized spacial score (nSPS) is 20.4. The molecule has 2 unspecified atom stereocenters. The zero-order valence-electron chi connectivity index (χ0n) is 17.5. The van der Waals surface area contributed by atoms with E-state index in [0.717, 1.165) is 19.3 Å². The lowest BCUT2D eigenvalue weighted by atomic mass is 9.93. The van der Waals surface area contributed by atoms with Crippen molar-refractivity contribution in [2.24, 2.45) is 0 Å². The molecular weight excluding hydrogens is 395 g/mol. The van der Waals surface area contributed by atoms with Gasteiger partial charge in [0.15, 0.2) is 0 Å². The fraction of sp³-hybridized carbons (Fsp3) is 0.407. The molecule has 0 radical (unpaired) electrons. The first-order valence-corrected chi connectivity index (χ1v) is 11.9. The van der Waals surface area contributed by atoms with Gasteiger partial charge in [0.2, 0.25) is 0 Å². The standard InChI is InChI=1S/C27H30Cl2/c1-3-5-11-20-18-13-7-9-15-22(18)26(28)24(20)17-25-21(12-6-4-2)19-14-8-10-16-23(19)27(25)29/h7-10,13-16,26-27H,3-6,11-12,17H2,1-2H3. The molecule has 2 atom stereocenters. The lowest BCUT2D eigenvalue weighted by Crippen LogP contribution is -1.98. The van der Waals surface area contributed by atoms with E-state index in [4.69, 9.17) is 23.2 Å². The Morgan fingerprint density at radius 3 is 1.48 bits per heavy atom. The summed E-state index contributed by atoms with van der Waals surface area (Å²) in [5, 5.41) is -0.0730. The van der Waals surface area contributed by atoms with Crippen LogP contribution in [0.25, 0.3) is 11.1 Å². The predicted octanol–water partition coefficient (Wildman–Crippen LogP) is 9.25. The highest BCUT2D eigenvalue weighted by Crippen LogP contribution is 2.54. The first-order chi connectivity index (χ1) is 14.2. The number of hydrogen-bond donors (Lipinski definition) is 0. The molecule has 0 aliphatic heterocycles. The van der Waals surface area contributed by atoms with Gasteiger partial charge in [-0.25, -0.2) is 0 Å². The molecule has 0 nitrogen and oxygen atoms in total. The van der Waals surface area contributed by atoms with Crippen LogP contribution in [0.3, 0.4) is 0 Å². The molecule has 0 N–H and O–H groups in total. The van der Waals surface area contributed by atoms with Crippen molar-refractivity contribution in [1.29, 1.82) is 0 Å². The molecule has 0 saturated carbocycles. The molecule has 0 fully saturated rings. The van der Waals surface area contributed by atoms with Crippen molar-refractivity contribution >= 4 is 34.3 Å². The van der Waals surface area contributed by atoms with E-state index in [1.165, 1.54) is 70.2 Å². The molecule has 152 valence electrons. The van der Waals surface area contributed by atoms with Gasteiger partial charge < -0.3 is 0 Å². The Labute approximate surface area is 185 Å². The Morgan fingerprint density at radius 1 is 0.655 bits per heavy atom. The maximum atomic E-state index is 7.05. The van der Waals surface area contributed by atoms with Crippen LogP contribution in [0.2, 0.25) is 0 Å². The highest BCUT2D eigenvalue weighted by Gasteiger charge is 2.34. The van der Waals surface area contributed by atoms with E-state index in [1.54, 1.807) is 0 Å². The molecule has 0 bridgehead atoms. The van der Waals surface area contributed by atoms with Crippen LogP contribution in [0.1, 0.15) is 91.8 Å². The number of alkyl halides is 2. The Balaban J connectivity index is 1.76. The molecule has 29 heavy (non-hydrogen) atoms. The van der Waals surface area contributed by atoms with E-state index < -0.39 is 0 Å². The summed E-state index contributed by atoms with van der Waals surface area (Å²) in [4.78, 5) is 0. The lowest BCUT2D eigenvalue weighted by molar-refractivity contribution is 0.815. The Bertz CT molecular complexity index is 873. The molecule has 2 heteroatoms. The van der Waals surface area contributed by atoms with Crippen LogP contribution in [0.15, 0.2) is 59.7 Å². The van der Waals surface area contributed by atoms with E-state index in [0.29, 0.717) is 0 Å². The fourth-order valence-corrected chi connectivity index (χ4v) is 5.71. The van der Waals surface area contributed by atoms with Crippen LogP contribution in [0, 0.1) is 0 Å². The van der Waals surface area contributed by atoms with Crippen LogP contribution in [-0.2, 0) is 0 Å². The highest BCUT2D eigenvalue weighted by molar-refractivity contribution is 6.26. The first kappa shape index (κ1) is 20.8. The minimum atomic E-state index is -0.0365. The summed E-state index contributed by atoms with van der Waals surface area (Å²) in [5.41, 5.74) is 10.9. The third kappa shape index (κ3) is 3.82.